The Balaban J connectivity index is 2.55. The van der Waals surface area contributed by atoms with Crippen LogP contribution in [0.25, 0.3) is 11.5 Å². The van der Waals surface area contributed by atoms with Crippen molar-refractivity contribution < 1.29 is 9.59 Å². The van der Waals surface area contributed by atoms with E-state index in [2.05, 4.69) is 15.0 Å². The Hall–Kier alpha value is -2.70. The number of H-pyrrole nitrogens is 1. The first-order valence-corrected chi connectivity index (χ1v) is 4.70. The third kappa shape index (κ3) is 1.98. The molecule has 0 fully saturated rings. The van der Waals surface area contributed by atoms with Crippen molar-refractivity contribution in [3.63, 3.8) is 0 Å². The number of nitrogens with zero attached hydrogens (tertiary/aromatic N) is 2. The first-order chi connectivity index (χ1) is 8.09. The van der Waals surface area contributed by atoms with Crippen LogP contribution in [0.15, 0.2) is 24.4 Å². The number of carbonyl (C=O) groups is 2. The largest absolute Gasteiger partial charge is 0.364 e. The van der Waals surface area contributed by atoms with Crippen molar-refractivity contribution >= 4 is 11.8 Å². The summed E-state index contributed by atoms with van der Waals surface area (Å²) in [5.41, 5.74) is 10.4. The summed E-state index contributed by atoms with van der Waals surface area (Å²) in [6, 6.07) is 5.16. The van der Waals surface area contributed by atoms with Crippen LogP contribution in [0.4, 0.5) is 0 Å². The van der Waals surface area contributed by atoms with Gasteiger partial charge in [-0.3, -0.25) is 14.6 Å². The molecule has 0 bridgehead atoms. The Morgan fingerprint density at radius 2 is 1.94 bits per heavy atom. The highest BCUT2D eigenvalue weighted by Crippen LogP contribution is 2.15. The molecule has 7 heteroatoms. The zero-order chi connectivity index (χ0) is 12.4. The van der Waals surface area contributed by atoms with Crippen LogP contribution in [-0.4, -0.2) is 26.8 Å². The normalized spacial score (nSPS) is 10.1. The smallest absolute Gasteiger partial charge is 0.269 e. The fourth-order valence-electron chi connectivity index (χ4n) is 1.35. The van der Waals surface area contributed by atoms with Crippen molar-refractivity contribution in [2.45, 2.75) is 0 Å². The SMILES string of the molecule is NC(=O)c1nc(-c2ccccn2)[nH]c1C(N)=O. The summed E-state index contributed by atoms with van der Waals surface area (Å²) in [5.74, 6) is -1.35. The van der Waals surface area contributed by atoms with Crippen LogP contribution >= 0.6 is 0 Å². The first kappa shape index (κ1) is 10.8. The maximum atomic E-state index is 11.1. The van der Waals surface area contributed by atoms with E-state index in [1.54, 1.807) is 24.4 Å². The van der Waals surface area contributed by atoms with Gasteiger partial charge in [-0.1, -0.05) is 6.07 Å². The summed E-state index contributed by atoms with van der Waals surface area (Å²) >= 11 is 0. The summed E-state index contributed by atoms with van der Waals surface area (Å²) < 4.78 is 0. The van der Waals surface area contributed by atoms with E-state index in [0.29, 0.717) is 5.69 Å². The van der Waals surface area contributed by atoms with Crippen molar-refractivity contribution in [3.05, 3.63) is 35.8 Å². The van der Waals surface area contributed by atoms with Crippen LogP contribution in [0.3, 0.4) is 0 Å². The number of pyridine rings is 1. The summed E-state index contributed by atoms with van der Waals surface area (Å²) in [5, 5.41) is 0. The average molecular weight is 231 g/mol. The Labute approximate surface area is 95.9 Å². The number of aromatic amines is 1. The van der Waals surface area contributed by atoms with Gasteiger partial charge in [0.15, 0.2) is 11.5 Å². The van der Waals surface area contributed by atoms with E-state index < -0.39 is 11.8 Å². The number of nitrogens with one attached hydrogen (secondary N) is 1. The summed E-state index contributed by atoms with van der Waals surface area (Å²) in [6.45, 7) is 0. The summed E-state index contributed by atoms with van der Waals surface area (Å²) in [6.07, 6.45) is 1.56. The van der Waals surface area contributed by atoms with Crippen molar-refractivity contribution in [1.82, 2.24) is 15.0 Å². The summed E-state index contributed by atoms with van der Waals surface area (Å²) in [7, 11) is 0. The van der Waals surface area contributed by atoms with Gasteiger partial charge in [0.25, 0.3) is 11.8 Å². The number of hydrogen-bond donors (Lipinski definition) is 3. The molecule has 0 aliphatic carbocycles. The number of rotatable bonds is 3. The second kappa shape index (κ2) is 4.05. The molecular formula is C10H9N5O2. The van der Waals surface area contributed by atoms with E-state index >= 15 is 0 Å². The van der Waals surface area contributed by atoms with E-state index in [0.717, 1.165) is 0 Å². The lowest BCUT2D eigenvalue weighted by Crippen LogP contribution is -2.20. The molecule has 5 N–H and O–H groups in total. The minimum atomic E-state index is -0.822. The van der Waals surface area contributed by atoms with E-state index in [9.17, 15) is 9.59 Å². The molecule has 0 radical (unpaired) electrons. The molecule has 0 aliphatic rings. The molecular weight excluding hydrogens is 222 g/mol. The van der Waals surface area contributed by atoms with Crippen LogP contribution in [0.1, 0.15) is 21.0 Å². The third-order valence-corrected chi connectivity index (χ3v) is 2.09. The molecule has 0 aromatic carbocycles. The summed E-state index contributed by atoms with van der Waals surface area (Å²) in [4.78, 5) is 32.7. The van der Waals surface area contributed by atoms with Gasteiger partial charge in [-0.15, -0.1) is 0 Å². The molecule has 2 aromatic rings. The molecule has 0 unspecified atom stereocenters. The lowest BCUT2D eigenvalue weighted by atomic mass is 10.3. The highest BCUT2D eigenvalue weighted by atomic mass is 16.2. The zero-order valence-electron chi connectivity index (χ0n) is 8.68. The van der Waals surface area contributed by atoms with E-state index in [4.69, 9.17) is 11.5 Å². The van der Waals surface area contributed by atoms with Gasteiger partial charge in [-0.25, -0.2) is 4.98 Å². The maximum Gasteiger partial charge on any atom is 0.269 e. The minimum Gasteiger partial charge on any atom is -0.364 e. The van der Waals surface area contributed by atoms with Gasteiger partial charge in [0.1, 0.15) is 11.4 Å². The van der Waals surface area contributed by atoms with Gasteiger partial charge in [0.05, 0.1) is 0 Å². The number of nitrogens with two attached hydrogens (primary N) is 2. The van der Waals surface area contributed by atoms with Crippen LogP contribution in [0.2, 0.25) is 0 Å². The number of primary amides is 2. The van der Waals surface area contributed by atoms with Crippen LogP contribution in [0.5, 0.6) is 0 Å². The standard InChI is InChI=1S/C10H9N5O2/c11-8(16)6-7(9(12)17)15-10(14-6)5-3-1-2-4-13-5/h1-4H,(H2,11,16)(H2,12,17)(H,14,15). The van der Waals surface area contributed by atoms with Gasteiger partial charge >= 0.3 is 0 Å². The van der Waals surface area contributed by atoms with Gasteiger partial charge in [0, 0.05) is 6.20 Å². The molecule has 2 rings (SSSR count). The van der Waals surface area contributed by atoms with Crippen molar-refractivity contribution in [3.8, 4) is 11.5 Å². The van der Waals surface area contributed by atoms with Crippen LogP contribution in [-0.2, 0) is 0 Å². The van der Waals surface area contributed by atoms with Gasteiger partial charge < -0.3 is 16.5 Å². The average Bonchev–Trinajstić information content (AvgIpc) is 2.75. The molecule has 2 amide bonds. The maximum absolute atomic E-state index is 11.1. The van der Waals surface area contributed by atoms with Crippen molar-refractivity contribution in [1.29, 1.82) is 0 Å². The van der Waals surface area contributed by atoms with Crippen LogP contribution in [0, 0.1) is 0 Å². The Kier molecular flexibility index (Phi) is 2.57. The lowest BCUT2D eigenvalue weighted by Gasteiger charge is -1.92. The lowest BCUT2D eigenvalue weighted by molar-refractivity contribution is 0.0962. The topological polar surface area (TPSA) is 128 Å². The van der Waals surface area contributed by atoms with Crippen molar-refractivity contribution in [2.75, 3.05) is 0 Å². The molecule has 2 heterocycles. The quantitative estimate of drug-likeness (QED) is 0.668. The van der Waals surface area contributed by atoms with E-state index in [-0.39, 0.29) is 17.2 Å². The molecule has 2 aromatic heterocycles. The number of aromatic nitrogens is 3. The Morgan fingerprint density at radius 1 is 1.18 bits per heavy atom. The number of carbonyl (C=O) groups excluding carboxylic acids is 2. The molecule has 17 heavy (non-hydrogen) atoms. The predicted molar refractivity (Wildman–Crippen MR) is 58.9 cm³/mol. The number of imidazole rings is 1. The Morgan fingerprint density at radius 3 is 2.41 bits per heavy atom. The second-order valence-electron chi connectivity index (χ2n) is 3.25. The molecule has 0 saturated heterocycles. The molecule has 86 valence electrons. The zero-order valence-corrected chi connectivity index (χ0v) is 8.68. The minimum absolute atomic E-state index is 0.113. The number of amides is 2. The third-order valence-electron chi connectivity index (χ3n) is 2.09. The highest BCUT2D eigenvalue weighted by Gasteiger charge is 2.19. The Bertz CT molecular complexity index is 544. The molecule has 0 aliphatic heterocycles. The fourth-order valence-corrected chi connectivity index (χ4v) is 1.35. The molecule has 7 nitrogen and oxygen atoms in total. The van der Waals surface area contributed by atoms with Crippen LogP contribution < -0.4 is 11.5 Å². The monoisotopic (exact) mass is 231 g/mol. The van der Waals surface area contributed by atoms with Gasteiger partial charge in [-0.05, 0) is 12.1 Å². The highest BCUT2D eigenvalue weighted by molar-refractivity contribution is 6.04. The molecule has 0 spiro atoms. The molecule has 0 atom stereocenters. The number of hydrogen-bond acceptors (Lipinski definition) is 4. The van der Waals surface area contributed by atoms with Gasteiger partial charge in [0.2, 0.25) is 0 Å². The fraction of sp³-hybridized carbons (Fsp3) is 0. The first-order valence-electron chi connectivity index (χ1n) is 4.70. The van der Waals surface area contributed by atoms with Crippen molar-refractivity contribution in [2.24, 2.45) is 11.5 Å². The van der Waals surface area contributed by atoms with E-state index in [1.165, 1.54) is 0 Å². The van der Waals surface area contributed by atoms with Gasteiger partial charge in [-0.2, -0.15) is 0 Å². The molecule has 0 saturated carbocycles. The predicted octanol–water partition coefficient (Wildman–Crippen LogP) is -0.330. The second-order valence-corrected chi connectivity index (χ2v) is 3.25. The van der Waals surface area contributed by atoms with E-state index in [1.807, 2.05) is 0 Å².